The standard InChI is InChI=1S/C34H43Cl2N5O5/c35-28-20-24(21-29(36)31(28)43)23-46-33(45)41-14-11-27(40-13-10-25-6-4-5-9-30(25)37-32(40)44)22-34(41,12-19-42)39-17-15-38(16-18-39)26-7-2-1-3-8-26/h4-6,9,19-21,26-27,43H,1-3,7-8,10-18,22-23H2,(H,37,44)/t27-,34+/m1/s1. The average molecular weight is 673 g/mol. The van der Waals surface area contributed by atoms with E-state index in [0.717, 1.165) is 37.0 Å². The summed E-state index contributed by atoms with van der Waals surface area (Å²) in [5, 5.41) is 13.2. The van der Waals surface area contributed by atoms with Crippen molar-refractivity contribution in [3.05, 3.63) is 57.6 Å². The van der Waals surface area contributed by atoms with Gasteiger partial charge in [-0.25, -0.2) is 9.59 Å². The van der Waals surface area contributed by atoms with Gasteiger partial charge >= 0.3 is 12.1 Å². The number of hydrogen-bond acceptors (Lipinski definition) is 7. The molecule has 1 aliphatic carbocycles. The van der Waals surface area contributed by atoms with Gasteiger partial charge in [0.1, 0.15) is 18.6 Å². The minimum absolute atomic E-state index is 0.0726. The van der Waals surface area contributed by atoms with Crippen LogP contribution in [0.25, 0.3) is 0 Å². The van der Waals surface area contributed by atoms with Crippen LogP contribution in [0.15, 0.2) is 36.4 Å². The van der Waals surface area contributed by atoms with Gasteiger partial charge in [-0.2, -0.15) is 0 Å². The molecule has 0 spiro atoms. The Balaban J connectivity index is 1.24. The van der Waals surface area contributed by atoms with Crippen LogP contribution in [-0.4, -0.2) is 100 Å². The topological polar surface area (TPSA) is 106 Å². The van der Waals surface area contributed by atoms with E-state index in [4.69, 9.17) is 27.9 Å². The minimum Gasteiger partial charge on any atom is -0.505 e. The molecule has 2 aromatic rings. The van der Waals surface area contributed by atoms with E-state index in [0.29, 0.717) is 50.6 Å². The summed E-state index contributed by atoms with van der Waals surface area (Å²) in [6, 6.07) is 11.1. The number of anilines is 1. The lowest BCUT2D eigenvalue weighted by atomic mass is 9.85. The summed E-state index contributed by atoms with van der Waals surface area (Å²) in [6.45, 7) is 3.92. The zero-order valence-electron chi connectivity index (χ0n) is 26.1. The molecule has 2 N–H and O–H groups in total. The Morgan fingerprint density at radius 2 is 1.70 bits per heavy atom. The highest BCUT2D eigenvalue weighted by atomic mass is 35.5. The van der Waals surface area contributed by atoms with Crippen molar-refractivity contribution in [2.75, 3.05) is 44.6 Å². The van der Waals surface area contributed by atoms with Crippen molar-refractivity contribution in [2.45, 2.75) is 82.1 Å². The van der Waals surface area contributed by atoms with Gasteiger partial charge in [-0.1, -0.05) is 60.7 Å². The van der Waals surface area contributed by atoms with Crippen LogP contribution in [-0.2, 0) is 22.6 Å². The van der Waals surface area contributed by atoms with E-state index in [2.05, 4.69) is 15.1 Å². The molecule has 2 aromatic carbocycles. The number of rotatable bonds is 7. The molecule has 0 aromatic heterocycles. The SMILES string of the molecule is O=CC[C@@]1(N2CCN(C3CCCCC3)CC2)C[C@H](N2CCc3ccccc3NC2=O)CCN1C(=O)OCc1cc(Cl)c(O)c(Cl)c1. The lowest BCUT2D eigenvalue weighted by Gasteiger charge is -2.57. The third kappa shape index (κ3) is 6.81. The van der Waals surface area contributed by atoms with Crippen molar-refractivity contribution in [1.29, 1.82) is 0 Å². The first-order chi connectivity index (χ1) is 22.3. The molecule has 1 saturated carbocycles. The molecule has 2 atom stereocenters. The predicted octanol–water partition coefficient (Wildman–Crippen LogP) is 6.13. The number of ether oxygens (including phenoxy) is 1. The first-order valence-corrected chi connectivity index (χ1v) is 17.2. The van der Waals surface area contributed by atoms with Gasteiger partial charge in [0, 0.05) is 69.9 Å². The van der Waals surface area contributed by atoms with Gasteiger partial charge in [0.25, 0.3) is 0 Å². The van der Waals surface area contributed by atoms with Crippen molar-refractivity contribution >= 4 is 47.3 Å². The highest BCUT2D eigenvalue weighted by molar-refractivity contribution is 6.37. The number of carbonyl (C=O) groups excluding carboxylic acids is 3. The highest BCUT2D eigenvalue weighted by Gasteiger charge is 2.52. The number of piperidine rings is 1. The molecule has 46 heavy (non-hydrogen) atoms. The summed E-state index contributed by atoms with van der Waals surface area (Å²) in [7, 11) is 0. The number of likely N-dealkylation sites (tertiary alicyclic amines) is 1. The second-order valence-corrected chi connectivity index (χ2v) is 13.8. The van der Waals surface area contributed by atoms with Gasteiger partial charge in [0.2, 0.25) is 0 Å². The number of piperazine rings is 1. The fourth-order valence-electron chi connectivity index (χ4n) is 7.97. The smallest absolute Gasteiger partial charge is 0.411 e. The van der Waals surface area contributed by atoms with Crippen LogP contribution in [0, 0.1) is 0 Å². The van der Waals surface area contributed by atoms with E-state index in [9.17, 15) is 19.5 Å². The molecule has 3 heterocycles. The molecular weight excluding hydrogens is 629 g/mol. The van der Waals surface area contributed by atoms with Crippen LogP contribution in [0.3, 0.4) is 0 Å². The van der Waals surface area contributed by atoms with Crippen LogP contribution < -0.4 is 5.32 Å². The maximum absolute atomic E-state index is 13.9. The number of benzene rings is 2. The average Bonchev–Trinajstić information content (AvgIpc) is 3.24. The number of nitrogens with one attached hydrogen (secondary N) is 1. The number of nitrogens with zero attached hydrogens (tertiary/aromatic N) is 4. The van der Waals surface area contributed by atoms with Gasteiger partial charge in [-0.05, 0) is 55.0 Å². The first-order valence-electron chi connectivity index (χ1n) is 16.5. The second kappa shape index (κ2) is 14.4. The molecule has 248 valence electrons. The number of urea groups is 1. The van der Waals surface area contributed by atoms with Gasteiger partial charge in [0.05, 0.1) is 10.0 Å². The number of aromatic hydroxyl groups is 1. The fraction of sp³-hybridized carbons (Fsp3) is 0.559. The number of fused-ring (bicyclic) bond motifs is 1. The first kappa shape index (κ1) is 32.9. The Morgan fingerprint density at radius 1 is 0.978 bits per heavy atom. The number of aldehydes is 1. The molecule has 0 bridgehead atoms. The predicted molar refractivity (Wildman–Crippen MR) is 177 cm³/mol. The summed E-state index contributed by atoms with van der Waals surface area (Å²) < 4.78 is 5.83. The Hall–Kier alpha value is -3.05. The quantitative estimate of drug-likeness (QED) is 0.342. The van der Waals surface area contributed by atoms with Gasteiger partial charge in [-0.3, -0.25) is 14.7 Å². The summed E-state index contributed by atoms with van der Waals surface area (Å²) in [4.78, 5) is 48.5. The summed E-state index contributed by atoms with van der Waals surface area (Å²) >= 11 is 12.2. The molecule has 12 heteroatoms. The zero-order chi connectivity index (χ0) is 32.3. The number of hydrogen-bond donors (Lipinski definition) is 2. The van der Waals surface area contributed by atoms with Crippen LogP contribution in [0.4, 0.5) is 15.3 Å². The van der Waals surface area contributed by atoms with Crippen molar-refractivity contribution in [1.82, 2.24) is 19.6 Å². The van der Waals surface area contributed by atoms with Crippen molar-refractivity contribution in [3.63, 3.8) is 0 Å². The third-order valence-corrected chi connectivity index (χ3v) is 11.0. The third-order valence-electron chi connectivity index (χ3n) is 10.4. The molecule has 0 radical (unpaired) electrons. The Labute approximate surface area is 280 Å². The Kier molecular flexibility index (Phi) is 10.3. The van der Waals surface area contributed by atoms with Gasteiger partial charge < -0.3 is 24.9 Å². The zero-order valence-corrected chi connectivity index (χ0v) is 27.6. The van der Waals surface area contributed by atoms with E-state index in [1.807, 2.05) is 29.2 Å². The van der Waals surface area contributed by atoms with E-state index in [1.54, 1.807) is 4.90 Å². The van der Waals surface area contributed by atoms with Crippen LogP contribution in [0.1, 0.15) is 62.5 Å². The highest BCUT2D eigenvalue weighted by Crippen LogP contribution is 2.39. The van der Waals surface area contributed by atoms with E-state index in [-0.39, 0.29) is 40.9 Å². The number of halogens is 2. The molecule has 0 unspecified atom stereocenters. The molecule has 2 saturated heterocycles. The molecule has 10 nitrogen and oxygen atoms in total. The lowest BCUT2D eigenvalue weighted by molar-refractivity contribution is -0.130. The number of amides is 3. The maximum Gasteiger partial charge on any atom is 0.411 e. The molecule has 4 aliphatic rings. The van der Waals surface area contributed by atoms with Crippen molar-refractivity contribution < 1.29 is 24.2 Å². The maximum atomic E-state index is 13.9. The molecule has 3 aliphatic heterocycles. The summed E-state index contributed by atoms with van der Waals surface area (Å²) in [6.07, 6.45) is 8.44. The van der Waals surface area contributed by atoms with E-state index in [1.165, 1.54) is 44.2 Å². The van der Waals surface area contributed by atoms with Crippen LogP contribution in [0.2, 0.25) is 10.0 Å². The van der Waals surface area contributed by atoms with Gasteiger partial charge in [-0.15, -0.1) is 0 Å². The number of carbonyl (C=O) groups is 3. The monoisotopic (exact) mass is 671 g/mol. The van der Waals surface area contributed by atoms with Crippen molar-refractivity contribution in [3.8, 4) is 5.75 Å². The molecule has 3 fully saturated rings. The van der Waals surface area contributed by atoms with Gasteiger partial charge in [0.15, 0.2) is 5.75 Å². The van der Waals surface area contributed by atoms with E-state index < -0.39 is 11.8 Å². The fourth-order valence-corrected chi connectivity index (χ4v) is 8.50. The molecular formula is C34H43Cl2N5O5. The molecule has 6 rings (SSSR count). The Morgan fingerprint density at radius 3 is 2.41 bits per heavy atom. The second-order valence-electron chi connectivity index (χ2n) is 13.0. The largest absolute Gasteiger partial charge is 0.505 e. The summed E-state index contributed by atoms with van der Waals surface area (Å²) in [5.41, 5.74) is 1.50. The summed E-state index contributed by atoms with van der Waals surface area (Å²) in [5.74, 6) is -0.224. The number of para-hydroxylation sites is 1. The van der Waals surface area contributed by atoms with Crippen LogP contribution in [0.5, 0.6) is 5.75 Å². The normalized spacial score (nSPS) is 25.0. The lowest BCUT2D eigenvalue weighted by Crippen LogP contribution is -2.71. The number of phenolic OH excluding ortho intramolecular Hbond substituents is 1. The van der Waals surface area contributed by atoms with E-state index >= 15 is 0 Å². The van der Waals surface area contributed by atoms with Crippen LogP contribution >= 0.6 is 23.2 Å². The van der Waals surface area contributed by atoms with Crippen molar-refractivity contribution in [2.24, 2.45) is 0 Å². The minimum atomic E-state index is -0.954. The Bertz CT molecular complexity index is 1410. The number of phenols is 1. The molecule has 3 amide bonds.